The summed E-state index contributed by atoms with van der Waals surface area (Å²) >= 11 is 0. The number of benzene rings is 1. The van der Waals surface area contributed by atoms with Crippen LogP contribution < -0.4 is 0 Å². The number of ketones is 1. The average Bonchev–Trinajstić information content (AvgIpc) is 2.47. The van der Waals surface area contributed by atoms with Gasteiger partial charge in [-0.05, 0) is 6.42 Å². The SMILES string of the molecule is O=C(/C(O)=C(\O)c1ccccc1)C1C=CC=CC1. The Bertz CT molecular complexity index is 524. The van der Waals surface area contributed by atoms with Crippen LogP contribution >= 0.6 is 0 Å². The lowest BCUT2D eigenvalue weighted by Gasteiger charge is -2.12. The van der Waals surface area contributed by atoms with Crippen LogP contribution in [-0.4, -0.2) is 16.0 Å². The fourth-order valence-corrected chi connectivity index (χ4v) is 1.80. The van der Waals surface area contributed by atoms with Crippen molar-refractivity contribution in [3.05, 3.63) is 66.0 Å². The van der Waals surface area contributed by atoms with Crippen molar-refractivity contribution < 1.29 is 15.0 Å². The molecule has 0 saturated carbocycles. The van der Waals surface area contributed by atoms with E-state index in [1.165, 1.54) is 0 Å². The van der Waals surface area contributed by atoms with Gasteiger partial charge in [0.05, 0.1) is 0 Å². The topological polar surface area (TPSA) is 57.5 Å². The van der Waals surface area contributed by atoms with Crippen molar-refractivity contribution >= 4 is 11.5 Å². The van der Waals surface area contributed by atoms with Gasteiger partial charge >= 0.3 is 0 Å². The Labute approximate surface area is 105 Å². The molecule has 92 valence electrons. The summed E-state index contributed by atoms with van der Waals surface area (Å²) in [5.41, 5.74) is 0.429. The lowest BCUT2D eigenvalue weighted by atomic mass is 9.94. The number of aliphatic hydroxyl groups excluding tert-OH is 2. The number of allylic oxidation sites excluding steroid dienone is 5. The van der Waals surface area contributed by atoms with Crippen molar-refractivity contribution in [2.45, 2.75) is 6.42 Å². The Kier molecular flexibility index (Phi) is 3.63. The summed E-state index contributed by atoms with van der Waals surface area (Å²) in [7, 11) is 0. The number of aliphatic hydroxyl groups is 2. The average molecular weight is 242 g/mol. The quantitative estimate of drug-likeness (QED) is 0.632. The lowest BCUT2D eigenvalue weighted by Crippen LogP contribution is -2.16. The first-order chi connectivity index (χ1) is 8.70. The molecule has 0 amide bonds. The highest BCUT2D eigenvalue weighted by Gasteiger charge is 2.22. The van der Waals surface area contributed by atoms with Gasteiger partial charge in [0.1, 0.15) is 0 Å². The predicted molar refractivity (Wildman–Crippen MR) is 70.0 cm³/mol. The zero-order valence-electron chi connectivity index (χ0n) is 9.78. The van der Waals surface area contributed by atoms with Crippen LogP contribution in [0.3, 0.4) is 0 Å². The molecule has 0 bridgehead atoms. The third-order valence-electron chi connectivity index (χ3n) is 2.82. The standard InChI is InChI=1S/C15H14O3/c16-13(11-7-3-1-4-8-11)15(18)14(17)12-9-5-2-6-10-12/h1-9,12,16,18H,10H2/b15-13+. The van der Waals surface area contributed by atoms with Gasteiger partial charge in [-0.2, -0.15) is 0 Å². The molecule has 0 fully saturated rings. The summed E-state index contributed by atoms with van der Waals surface area (Å²) < 4.78 is 0. The molecule has 2 rings (SSSR count). The zero-order chi connectivity index (χ0) is 13.0. The first-order valence-corrected chi connectivity index (χ1v) is 5.75. The normalized spacial score (nSPS) is 19.4. The second-order valence-electron chi connectivity index (χ2n) is 4.08. The van der Waals surface area contributed by atoms with E-state index in [1.807, 2.05) is 12.2 Å². The van der Waals surface area contributed by atoms with E-state index < -0.39 is 17.5 Å². The highest BCUT2D eigenvalue weighted by Crippen LogP contribution is 2.21. The van der Waals surface area contributed by atoms with Crippen molar-refractivity contribution in [3.63, 3.8) is 0 Å². The van der Waals surface area contributed by atoms with E-state index in [2.05, 4.69) is 0 Å². The van der Waals surface area contributed by atoms with Gasteiger partial charge in [-0.25, -0.2) is 0 Å². The molecule has 18 heavy (non-hydrogen) atoms. The number of Topliss-reactive ketones (excluding diaryl/α,β-unsaturated/α-hetero) is 1. The highest BCUT2D eigenvalue weighted by atomic mass is 16.3. The summed E-state index contributed by atoms with van der Waals surface area (Å²) in [4.78, 5) is 12.0. The molecule has 1 unspecified atom stereocenters. The van der Waals surface area contributed by atoms with Gasteiger partial charge in [-0.1, -0.05) is 54.6 Å². The maximum atomic E-state index is 12.0. The molecule has 1 aromatic carbocycles. The van der Waals surface area contributed by atoms with E-state index in [1.54, 1.807) is 42.5 Å². The molecular formula is C15H14O3. The van der Waals surface area contributed by atoms with Crippen molar-refractivity contribution in [1.82, 2.24) is 0 Å². The minimum absolute atomic E-state index is 0.372. The van der Waals surface area contributed by atoms with Crippen LogP contribution in [0.15, 0.2) is 60.4 Å². The molecule has 1 atom stereocenters. The second kappa shape index (κ2) is 5.36. The smallest absolute Gasteiger partial charge is 0.208 e. The summed E-state index contributed by atoms with van der Waals surface area (Å²) in [6.07, 6.45) is 7.73. The highest BCUT2D eigenvalue weighted by molar-refractivity contribution is 6.01. The van der Waals surface area contributed by atoms with E-state index in [0.717, 1.165) is 0 Å². The summed E-state index contributed by atoms with van der Waals surface area (Å²) in [6.45, 7) is 0. The first kappa shape index (κ1) is 12.2. The molecule has 0 saturated heterocycles. The summed E-state index contributed by atoms with van der Waals surface area (Å²) in [5.74, 6) is -1.81. The van der Waals surface area contributed by atoms with E-state index in [9.17, 15) is 15.0 Å². The largest absolute Gasteiger partial charge is 0.504 e. The third-order valence-corrected chi connectivity index (χ3v) is 2.82. The molecule has 0 spiro atoms. The van der Waals surface area contributed by atoms with Crippen molar-refractivity contribution in [1.29, 1.82) is 0 Å². The predicted octanol–water partition coefficient (Wildman–Crippen LogP) is 3.17. The third kappa shape index (κ3) is 2.51. The van der Waals surface area contributed by atoms with E-state index in [-0.39, 0.29) is 5.76 Å². The molecule has 1 aromatic rings. The Morgan fingerprint density at radius 1 is 1.11 bits per heavy atom. The lowest BCUT2D eigenvalue weighted by molar-refractivity contribution is -0.120. The number of carbonyl (C=O) groups is 1. The van der Waals surface area contributed by atoms with Crippen LogP contribution in [-0.2, 0) is 4.79 Å². The van der Waals surface area contributed by atoms with E-state index in [4.69, 9.17) is 0 Å². The van der Waals surface area contributed by atoms with Crippen LogP contribution in [0.1, 0.15) is 12.0 Å². The minimum Gasteiger partial charge on any atom is -0.504 e. The maximum absolute atomic E-state index is 12.0. The molecule has 1 aliphatic rings. The van der Waals surface area contributed by atoms with Gasteiger partial charge in [0, 0.05) is 11.5 Å². The van der Waals surface area contributed by atoms with Gasteiger partial charge in [-0.3, -0.25) is 4.79 Å². The molecule has 0 aromatic heterocycles. The Balaban J connectivity index is 2.24. The molecule has 2 N–H and O–H groups in total. The zero-order valence-corrected chi connectivity index (χ0v) is 9.78. The van der Waals surface area contributed by atoms with Crippen LogP contribution in [0.25, 0.3) is 5.76 Å². The van der Waals surface area contributed by atoms with Gasteiger partial charge < -0.3 is 10.2 Å². The Morgan fingerprint density at radius 3 is 2.44 bits per heavy atom. The summed E-state index contributed by atoms with van der Waals surface area (Å²) in [5, 5.41) is 19.7. The molecule has 3 heteroatoms. The molecule has 3 nitrogen and oxygen atoms in total. The van der Waals surface area contributed by atoms with Gasteiger partial charge in [0.25, 0.3) is 0 Å². The van der Waals surface area contributed by atoms with Crippen LogP contribution in [0.5, 0.6) is 0 Å². The second-order valence-corrected chi connectivity index (χ2v) is 4.08. The molecular weight excluding hydrogens is 228 g/mol. The van der Waals surface area contributed by atoms with E-state index >= 15 is 0 Å². The number of hydrogen-bond acceptors (Lipinski definition) is 3. The molecule has 0 aliphatic heterocycles. The van der Waals surface area contributed by atoms with Crippen LogP contribution in [0.2, 0.25) is 0 Å². The Morgan fingerprint density at radius 2 is 1.83 bits per heavy atom. The minimum atomic E-state index is -0.578. The Hall–Kier alpha value is -2.29. The van der Waals surface area contributed by atoms with Crippen LogP contribution in [0, 0.1) is 5.92 Å². The van der Waals surface area contributed by atoms with Crippen molar-refractivity contribution in [2.24, 2.45) is 5.92 Å². The van der Waals surface area contributed by atoms with Gasteiger partial charge in [-0.15, -0.1) is 0 Å². The van der Waals surface area contributed by atoms with E-state index in [0.29, 0.717) is 12.0 Å². The van der Waals surface area contributed by atoms with Crippen molar-refractivity contribution in [3.8, 4) is 0 Å². The van der Waals surface area contributed by atoms with Crippen molar-refractivity contribution in [2.75, 3.05) is 0 Å². The van der Waals surface area contributed by atoms with Crippen LogP contribution in [0.4, 0.5) is 0 Å². The number of hydrogen-bond donors (Lipinski definition) is 2. The molecule has 1 aliphatic carbocycles. The fraction of sp³-hybridized carbons (Fsp3) is 0.133. The monoisotopic (exact) mass is 242 g/mol. The summed E-state index contributed by atoms with van der Waals surface area (Å²) in [6, 6.07) is 8.52. The number of rotatable bonds is 3. The molecule has 0 radical (unpaired) electrons. The number of carbonyl (C=O) groups excluding carboxylic acids is 1. The van der Waals surface area contributed by atoms with Gasteiger partial charge in [0.2, 0.25) is 11.5 Å². The molecule has 0 heterocycles. The van der Waals surface area contributed by atoms with Gasteiger partial charge in [0.15, 0.2) is 5.76 Å². The first-order valence-electron chi connectivity index (χ1n) is 5.75. The fourth-order valence-electron chi connectivity index (χ4n) is 1.80. The maximum Gasteiger partial charge on any atom is 0.208 e.